The molecule has 0 aliphatic rings. The van der Waals surface area contributed by atoms with Gasteiger partial charge in [0.05, 0.1) is 0 Å². The first-order valence-electron chi connectivity index (χ1n) is 26.2. The molecule has 0 unspecified atom stereocenters. The van der Waals surface area contributed by atoms with Gasteiger partial charge in [-0.25, -0.2) is 0 Å². The number of rotatable bonds is 37. The van der Waals surface area contributed by atoms with E-state index < -0.39 is 6.72 Å². The third-order valence-corrected chi connectivity index (χ3v) is 14.0. The first kappa shape index (κ1) is 56.8. The van der Waals surface area contributed by atoms with E-state index in [1.54, 1.807) is 0 Å². The first-order valence-corrected chi connectivity index (χ1v) is 28.7. The van der Waals surface area contributed by atoms with Crippen LogP contribution in [0.3, 0.4) is 0 Å². The lowest BCUT2D eigenvalue weighted by atomic mass is 10.0. The van der Waals surface area contributed by atoms with Gasteiger partial charge in [-0.2, -0.15) is 0 Å². The van der Waals surface area contributed by atoms with Crippen LogP contribution < -0.4 is 19.3 Å². The summed E-state index contributed by atoms with van der Waals surface area (Å²) in [5.41, 5.74) is 8.93. The summed E-state index contributed by atoms with van der Waals surface area (Å²) in [6.07, 6.45) is 35.5. The Hall–Kier alpha value is -2.33. The predicted octanol–water partition coefficient (Wildman–Crippen LogP) is 18.8. The molecule has 0 heterocycles. The molecule has 3 rings (SSSR count). The summed E-state index contributed by atoms with van der Waals surface area (Å²) in [5.74, 6) is 4.66. The van der Waals surface area contributed by atoms with Crippen molar-refractivity contribution >= 4 is 18.5 Å². The van der Waals surface area contributed by atoms with E-state index >= 15 is 0 Å². The van der Waals surface area contributed by atoms with Gasteiger partial charge in [0, 0.05) is 11.8 Å². The van der Waals surface area contributed by atoms with Crippen molar-refractivity contribution in [1.29, 1.82) is 0 Å². The maximum Gasteiger partial charge on any atom is 0.490 e. The van der Waals surface area contributed by atoms with E-state index in [4.69, 9.17) is 31.1 Å². The zero-order valence-corrected chi connectivity index (χ0v) is 43.5. The zero-order chi connectivity index (χ0) is 45.8. The summed E-state index contributed by atoms with van der Waals surface area (Å²) in [6.45, 7) is 13.7. The molecule has 3 aromatic carbocycles. The number of aryl methyl sites for hydroxylation is 3. The fourth-order valence-corrected chi connectivity index (χ4v) is 10.2. The second-order valence-electron chi connectivity index (χ2n) is 19.6. The highest BCUT2D eigenvalue weighted by atomic mass is 32.5. The van der Waals surface area contributed by atoms with Crippen molar-refractivity contribution in [3.63, 3.8) is 0 Å². The summed E-state index contributed by atoms with van der Waals surface area (Å²) < 4.78 is 20.4. The van der Waals surface area contributed by atoms with Crippen LogP contribution in [0, 0.1) is 17.8 Å². The Balaban J connectivity index is 0.000000905. The summed E-state index contributed by atoms with van der Waals surface area (Å²) in [5, 5.41) is 0. The highest BCUT2D eigenvalue weighted by molar-refractivity contribution is 8.08. The molecule has 0 aliphatic carbocycles. The lowest BCUT2D eigenvalue weighted by Gasteiger charge is -2.26. The molecular formula is C57H96NO3PS. The maximum absolute atomic E-state index is 6.80. The van der Waals surface area contributed by atoms with Gasteiger partial charge in [0.2, 0.25) is 0 Å². The molecule has 358 valence electrons. The van der Waals surface area contributed by atoms with E-state index in [0.717, 1.165) is 80.1 Å². The quantitative estimate of drug-likeness (QED) is 0.0461. The zero-order valence-electron chi connectivity index (χ0n) is 41.8. The minimum atomic E-state index is -3.31. The molecule has 0 aromatic heterocycles. The van der Waals surface area contributed by atoms with Crippen molar-refractivity contribution in [3.05, 3.63) is 89.5 Å². The van der Waals surface area contributed by atoms with Crippen molar-refractivity contribution in [2.24, 2.45) is 23.5 Å². The van der Waals surface area contributed by atoms with Crippen LogP contribution in [0.1, 0.15) is 226 Å². The average Bonchev–Trinajstić information content (AvgIpc) is 3.25. The van der Waals surface area contributed by atoms with Crippen LogP contribution in [0.25, 0.3) is 0 Å². The van der Waals surface area contributed by atoms with E-state index in [-0.39, 0.29) is 0 Å². The molecule has 0 saturated heterocycles. The number of unbranched alkanes of at least 4 members (excludes halogenated alkanes) is 18. The minimum absolute atomic E-state index is 0.771. The van der Waals surface area contributed by atoms with Gasteiger partial charge in [-0.1, -0.05) is 238 Å². The van der Waals surface area contributed by atoms with E-state index in [2.05, 4.69) is 84.9 Å². The second-order valence-corrected chi connectivity index (χ2v) is 22.3. The van der Waals surface area contributed by atoms with Crippen molar-refractivity contribution in [3.8, 4) is 17.2 Å². The summed E-state index contributed by atoms with van der Waals surface area (Å²) in [6, 6.07) is 25.0. The molecular weight excluding hydrogens is 810 g/mol. The Kier molecular flexibility index (Phi) is 33.2. The average molecular weight is 906 g/mol. The molecule has 0 saturated carbocycles. The Morgan fingerprint density at radius 3 is 0.968 bits per heavy atom. The van der Waals surface area contributed by atoms with Gasteiger partial charge in [0.25, 0.3) is 0 Å². The third-order valence-electron chi connectivity index (χ3n) is 12.0. The Bertz CT molecular complexity index is 1400. The standard InChI is InChI=1S/C45H69O3PS.C12H27N/c1-37(2)25-13-7-10-16-28-40-31-19-22-34-43(40)46-49(50,47-44-35-23-20-32-41(44)29-17-11-8-14-26-38(3)4)48-45-36-24-21-33-42(45)30-18-12-9-15-27-39(5)6;1-2-3-4-5-6-7-8-9-10-11-12-13/h19-24,31-39H,7-18,25-30H2,1-6H3;2-13H2,1H3. The molecule has 0 radical (unpaired) electrons. The number of benzene rings is 3. The number of nitrogens with two attached hydrogens (primary N) is 1. The Morgan fingerprint density at radius 2 is 0.667 bits per heavy atom. The van der Waals surface area contributed by atoms with Crippen molar-refractivity contribution in [1.82, 2.24) is 0 Å². The maximum atomic E-state index is 6.80. The summed E-state index contributed by atoms with van der Waals surface area (Å²) >= 11 is 6.35. The molecule has 4 nitrogen and oxygen atoms in total. The molecule has 0 spiro atoms. The molecule has 6 heteroatoms. The fraction of sp³-hybridized carbons (Fsp3) is 0.684. The van der Waals surface area contributed by atoms with E-state index in [0.29, 0.717) is 0 Å². The number of hydrogen-bond donors (Lipinski definition) is 1. The van der Waals surface area contributed by atoms with Crippen LogP contribution in [0.2, 0.25) is 0 Å². The minimum Gasteiger partial charge on any atom is -0.407 e. The molecule has 0 amide bonds. The normalized spacial score (nSPS) is 11.6. The van der Waals surface area contributed by atoms with Crippen LogP contribution in [-0.2, 0) is 31.1 Å². The summed E-state index contributed by atoms with van der Waals surface area (Å²) in [7, 11) is 0. The number of para-hydroxylation sites is 3. The van der Waals surface area contributed by atoms with Crippen molar-refractivity contribution in [2.45, 2.75) is 228 Å². The van der Waals surface area contributed by atoms with E-state index in [1.807, 2.05) is 36.4 Å². The van der Waals surface area contributed by atoms with Gasteiger partial charge >= 0.3 is 6.72 Å². The topological polar surface area (TPSA) is 53.7 Å². The van der Waals surface area contributed by atoms with Gasteiger partial charge in [-0.05, 0) is 104 Å². The largest absolute Gasteiger partial charge is 0.490 e. The van der Waals surface area contributed by atoms with Crippen LogP contribution in [0.5, 0.6) is 17.2 Å². The van der Waals surface area contributed by atoms with Gasteiger partial charge < -0.3 is 19.3 Å². The molecule has 0 fully saturated rings. The van der Waals surface area contributed by atoms with Crippen LogP contribution >= 0.6 is 6.72 Å². The van der Waals surface area contributed by atoms with E-state index in [9.17, 15) is 0 Å². The Labute approximate surface area is 395 Å². The monoisotopic (exact) mass is 906 g/mol. The van der Waals surface area contributed by atoms with Crippen LogP contribution in [-0.4, -0.2) is 6.54 Å². The smallest absolute Gasteiger partial charge is 0.407 e. The SMILES string of the molecule is CC(C)CCCCCCc1ccccc1OP(=S)(Oc1ccccc1CCCCCCC(C)C)Oc1ccccc1CCCCCCC(C)C.CCCCCCCCCCCCN. The van der Waals surface area contributed by atoms with E-state index in [1.165, 1.54) is 158 Å². The van der Waals surface area contributed by atoms with Gasteiger partial charge in [0.1, 0.15) is 17.2 Å². The lowest BCUT2D eigenvalue weighted by Crippen LogP contribution is -2.10. The third kappa shape index (κ3) is 29.0. The lowest BCUT2D eigenvalue weighted by molar-refractivity contribution is 0.378. The highest BCUT2D eigenvalue weighted by Gasteiger charge is 2.30. The molecule has 63 heavy (non-hydrogen) atoms. The second kappa shape index (κ2) is 36.8. The predicted molar refractivity (Wildman–Crippen MR) is 281 cm³/mol. The molecule has 0 atom stereocenters. The van der Waals surface area contributed by atoms with Gasteiger partial charge in [-0.3, -0.25) is 0 Å². The van der Waals surface area contributed by atoms with Crippen molar-refractivity contribution < 1.29 is 13.6 Å². The number of hydrogen-bond acceptors (Lipinski definition) is 5. The molecule has 2 N–H and O–H groups in total. The first-order chi connectivity index (χ1) is 30.6. The molecule has 0 bridgehead atoms. The van der Waals surface area contributed by atoms with Crippen molar-refractivity contribution in [2.75, 3.05) is 6.54 Å². The molecule has 3 aromatic rings. The van der Waals surface area contributed by atoms with Gasteiger partial charge in [-0.15, -0.1) is 0 Å². The fourth-order valence-electron chi connectivity index (χ4n) is 8.11. The summed E-state index contributed by atoms with van der Waals surface area (Å²) in [4.78, 5) is 0. The Morgan fingerprint density at radius 1 is 0.397 bits per heavy atom. The molecule has 0 aliphatic heterocycles. The highest BCUT2D eigenvalue weighted by Crippen LogP contribution is 2.52. The van der Waals surface area contributed by atoms with Crippen LogP contribution in [0.4, 0.5) is 0 Å². The van der Waals surface area contributed by atoms with Gasteiger partial charge in [0.15, 0.2) is 0 Å². The van der Waals surface area contributed by atoms with Crippen LogP contribution in [0.15, 0.2) is 72.8 Å².